The zero-order valence-corrected chi connectivity index (χ0v) is 14.6. The van der Waals surface area contributed by atoms with Crippen molar-refractivity contribution in [1.82, 2.24) is 9.78 Å². The van der Waals surface area contributed by atoms with E-state index in [9.17, 15) is 18.3 Å². The maximum Gasteiger partial charge on any atom is 0.226 e. The van der Waals surface area contributed by atoms with Crippen LogP contribution in [0.2, 0.25) is 0 Å². The van der Waals surface area contributed by atoms with Gasteiger partial charge in [0.15, 0.2) is 9.84 Å². The van der Waals surface area contributed by atoms with Gasteiger partial charge in [0.2, 0.25) is 5.91 Å². The number of anilines is 1. The Kier molecular flexibility index (Phi) is 3.61. The van der Waals surface area contributed by atoms with Crippen molar-refractivity contribution in [1.29, 1.82) is 0 Å². The van der Waals surface area contributed by atoms with E-state index in [0.717, 1.165) is 16.8 Å². The Labute approximate surface area is 145 Å². The van der Waals surface area contributed by atoms with Crippen molar-refractivity contribution in [3.05, 3.63) is 41.1 Å². The predicted octanol–water partition coefficient (Wildman–Crippen LogP) is 1.73. The maximum absolute atomic E-state index is 12.3. The quantitative estimate of drug-likeness (QED) is 0.848. The number of phenolic OH excluding ortho intramolecular Hbond substituents is 1. The molecular formula is C17H19N3O4S. The van der Waals surface area contributed by atoms with Crippen LogP contribution in [-0.4, -0.2) is 40.7 Å². The first-order valence-corrected chi connectivity index (χ1v) is 10.0. The highest BCUT2D eigenvalue weighted by molar-refractivity contribution is 7.91. The van der Waals surface area contributed by atoms with Gasteiger partial charge in [-0.1, -0.05) is 12.1 Å². The van der Waals surface area contributed by atoms with Crippen LogP contribution < -0.4 is 5.32 Å². The molecule has 4 rings (SSSR count). The highest BCUT2D eigenvalue weighted by Gasteiger charge is 2.37. The van der Waals surface area contributed by atoms with E-state index < -0.39 is 9.84 Å². The van der Waals surface area contributed by atoms with Gasteiger partial charge in [0.1, 0.15) is 11.6 Å². The van der Waals surface area contributed by atoms with Gasteiger partial charge in [0.05, 0.1) is 23.2 Å². The molecule has 1 fully saturated rings. The second kappa shape index (κ2) is 5.59. The van der Waals surface area contributed by atoms with E-state index in [0.29, 0.717) is 12.2 Å². The number of carbonyl (C=O) groups excluding carboxylic acids is 1. The van der Waals surface area contributed by atoms with Gasteiger partial charge in [-0.15, -0.1) is 0 Å². The predicted molar refractivity (Wildman–Crippen MR) is 92.5 cm³/mol. The number of aryl methyl sites for hydroxylation is 1. The number of hydrogen-bond acceptors (Lipinski definition) is 5. The van der Waals surface area contributed by atoms with Gasteiger partial charge in [-0.3, -0.25) is 4.79 Å². The van der Waals surface area contributed by atoms with Gasteiger partial charge < -0.3 is 10.4 Å². The third-order valence-electron chi connectivity index (χ3n) is 4.95. The molecule has 2 N–H and O–H groups in total. The van der Waals surface area contributed by atoms with Gasteiger partial charge >= 0.3 is 0 Å². The molecule has 0 bridgehead atoms. The molecule has 132 valence electrons. The van der Waals surface area contributed by atoms with E-state index in [1.165, 1.54) is 0 Å². The SMILES string of the molecule is Cc1nn([C@@H]2CCS(=O)(=O)C2)c2c1[C@H](c1cccc(O)c1)CC(=O)N2. The lowest BCUT2D eigenvalue weighted by atomic mass is 9.85. The summed E-state index contributed by atoms with van der Waals surface area (Å²) in [6.07, 6.45) is 0.772. The molecule has 1 aromatic heterocycles. The van der Waals surface area contributed by atoms with Crippen molar-refractivity contribution >= 4 is 21.6 Å². The van der Waals surface area contributed by atoms with Gasteiger partial charge in [-0.25, -0.2) is 13.1 Å². The van der Waals surface area contributed by atoms with E-state index in [-0.39, 0.29) is 41.5 Å². The van der Waals surface area contributed by atoms with E-state index in [2.05, 4.69) is 10.4 Å². The standard InChI is InChI=1S/C17H19N3O4S/c1-10-16-14(11-3-2-4-13(21)7-11)8-15(22)18-17(16)20(19-10)12-5-6-25(23,24)9-12/h2-4,7,12,14,21H,5-6,8-9H2,1H3,(H,18,22)/t12-,14+/m1/s1. The van der Waals surface area contributed by atoms with Crippen LogP contribution in [0, 0.1) is 6.92 Å². The number of fused-ring (bicyclic) bond motifs is 1. The highest BCUT2D eigenvalue weighted by Crippen LogP contribution is 2.41. The summed E-state index contributed by atoms with van der Waals surface area (Å²) in [5, 5.41) is 17.2. The van der Waals surface area contributed by atoms with E-state index in [1.54, 1.807) is 22.9 Å². The molecule has 7 nitrogen and oxygen atoms in total. The summed E-state index contributed by atoms with van der Waals surface area (Å²) in [6, 6.07) is 6.62. The van der Waals surface area contributed by atoms with Crippen LogP contribution in [0.25, 0.3) is 0 Å². The molecule has 1 aromatic carbocycles. The first kappa shape index (κ1) is 16.1. The Balaban J connectivity index is 1.81. The summed E-state index contributed by atoms with van der Waals surface area (Å²) in [5.41, 5.74) is 2.51. The van der Waals surface area contributed by atoms with Crippen LogP contribution in [-0.2, 0) is 14.6 Å². The summed E-state index contributed by atoms with van der Waals surface area (Å²) in [6.45, 7) is 1.87. The minimum absolute atomic E-state index is 0.0488. The third-order valence-corrected chi connectivity index (χ3v) is 6.70. The molecule has 0 saturated carbocycles. The molecule has 3 heterocycles. The molecule has 0 radical (unpaired) electrons. The van der Waals surface area contributed by atoms with Crippen LogP contribution in [0.5, 0.6) is 5.75 Å². The topological polar surface area (TPSA) is 101 Å². The normalized spacial score (nSPS) is 24.8. The first-order chi connectivity index (χ1) is 11.8. The highest BCUT2D eigenvalue weighted by atomic mass is 32.2. The first-order valence-electron chi connectivity index (χ1n) is 8.22. The molecule has 2 aromatic rings. The largest absolute Gasteiger partial charge is 0.508 e. The number of amides is 1. The fourth-order valence-corrected chi connectivity index (χ4v) is 5.52. The van der Waals surface area contributed by atoms with Crippen molar-refractivity contribution < 1.29 is 18.3 Å². The van der Waals surface area contributed by atoms with Crippen molar-refractivity contribution in [2.24, 2.45) is 0 Å². The molecule has 2 aliphatic heterocycles. The van der Waals surface area contributed by atoms with E-state index in [4.69, 9.17) is 0 Å². The number of aromatic hydroxyl groups is 1. The number of nitrogens with one attached hydrogen (secondary N) is 1. The Bertz CT molecular complexity index is 964. The molecule has 2 aliphatic rings. The minimum atomic E-state index is -3.05. The number of carbonyl (C=O) groups is 1. The Morgan fingerprint density at radius 2 is 2.16 bits per heavy atom. The molecule has 8 heteroatoms. The van der Waals surface area contributed by atoms with Crippen LogP contribution in [0.3, 0.4) is 0 Å². The Morgan fingerprint density at radius 1 is 1.36 bits per heavy atom. The van der Waals surface area contributed by atoms with Crippen molar-refractivity contribution in [2.75, 3.05) is 16.8 Å². The number of phenols is 1. The number of aromatic nitrogens is 2. The van der Waals surface area contributed by atoms with Crippen molar-refractivity contribution in [2.45, 2.75) is 31.7 Å². The van der Waals surface area contributed by atoms with Crippen LogP contribution >= 0.6 is 0 Å². The number of rotatable bonds is 2. The average molecular weight is 361 g/mol. The second-order valence-electron chi connectivity index (χ2n) is 6.75. The number of nitrogens with zero attached hydrogens (tertiary/aromatic N) is 2. The molecule has 2 atom stereocenters. The number of benzene rings is 1. The molecule has 0 unspecified atom stereocenters. The van der Waals surface area contributed by atoms with Gasteiger partial charge in [0.25, 0.3) is 0 Å². The molecule has 0 aliphatic carbocycles. The van der Waals surface area contributed by atoms with Crippen LogP contribution in [0.1, 0.15) is 41.6 Å². The average Bonchev–Trinajstić information content (AvgIpc) is 3.06. The Hall–Kier alpha value is -2.35. The summed E-state index contributed by atoms with van der Waals surface area (Å²) < 4.78 is 25.3. The van der Waals surface area contributed by atoms with Gasteiger partial charge in [-0.2, -0.15) is 5.10 Å². The third kappa shape index (κ3) is 2.80. The number of sulfone groups is 1. The molecular weight excluding hydrogens is 342 g/mol. The van der Waals surface area contributed by atoms with E-state index >= 15 is 0 Å². The lowest BCUT2D eigenvalue weighted by Crippen LogP contribution is -2.26. The van der Waals surface area contributed by atoms with Gasteiger partial charge in [0, 0.05) is 17.9 Å². The zero-order valence-electron chi connectivity index (χ0n) is 13.8. The minimum Gasteiger partial charge on any atom is -0.508 e. The summed E-state index contributed by atoms with van der Waals surface area (Å²) in [5.74, 6) is 0.592. The van der Waals surface area contributed by atoms with E-state index in [1.807, 2.05) is 13.0 Å². The summed E-state index contributed by atoms with van der Waals surface area (Å²) in [7, 11) is -3.05. The fourth-order valence-electron chi connectivity index (χ4n) is 3.83. The van der Waals surface area contributed by atoms with Crippen LogP contribution in [0.15, 0.2) is 24.3 Å². The molecule has 1 amide bonds. The lowest BCUT2D eigenvalue weighted by Gasteiger charge is -2.25. The molecule has 0 spiro atoms. The maximum atomic E-state index is 12.3. The summed E-state index contributed by atoms with van der Waals surface area (Å²) >= 11 is 0. The second-order valence-corrected chi connectivity index (χ2v) is 8.98. The zero-order chi connectivity index (χ0) is 17.8. The van der Waals surface area contributed by atoms with Crippen molar-refractivity contribution in [3.8, 4) is 5.75 Å². The molecule has 25 heavy (non-hydrogen) atoms. The smallest absolute Gasteiger partial charge is 0.226 e. The van der Waals surface area contributed by atoms with Crippen molar-refractivity contribution in [3.63, 3.8) is 0 Å². The molecule has 1 saturated heterocycles. The van der Waals surface area contributed by atoms with Crippen LogP contribution in [0.4, 0.5) is 5.82 Å². The number of hydrogen-bond donors (Lipinski definition) is 2. The summed E-state index contributed by atoms with van der Waals surface area (Å²) in [4.78, 5) is 12.3. The monoisotopic (exact) mass is 361 g/mol. The fraction of sp³-hybridized carbons (Fsp3) is 0.412. The lowest BCUT2D eigenvalue weighted by molar-refractivity contribution is -0.116. The Morgan fingerprint density at radius 3 is 2.84 bits per heavy atom. The van der Waals surface area contributed by atoms with Gasteiger partial charge in [-0.05, 0) is 31.0 Å².